The third kappa shape index (κ3) is 14.3. The van der Waals surface area contributed by atoms with Crippen molar-refractivity contribution in [1.82, 2.24) is 5.32 Å². The van der Waals surface area contributed by atoms with Gasteiger partial charge in [-0.15, -0.1) is 0 Å². The highest BCUT2D eigenvalue weighted by Crippen LogP contribution is 2.27. The first-order valence-corrected chi connectivity index (χ1v) is 12.6. The lowest BCUT2D eigenvalue weighted by molar-refractivity contribution is -0.127. The third-order valence-electron chi connectivity index (χ3n) is 5.87. The van der Waals surface area contributed by atoms with Crippen molar-refractivity contribution in [2.75, 3.05) is 6.61 Å². The Kier molecular flexibility index (Phi) is 17.3. The standard InChI is InChI=1S/C20H35NO3.C3H7NO.C2H6.2H2/c1-15(2)20(23)16-10-12-17(13-11-16)21-19(22)9-6-14-24-18-7-4-3-5-8-18;1-2-3(4)5;1-2;;/h15-18H,3-14H2,1-2H3,(H,21,22);2H2,1H3,(H2,4,5);1-2H3;2*1H. The van der Waals surface area contributed by atoms with Gasteiger partial charge in [-0.3, -0.25) is 14.4 Å². The van der Waals surface area contributed by atoms with Gasteiger partial charge < -0.3 is 15.8 Å². The zero-order chi connectivity index (χ0) is 23.6. The van der Waals surface area contributed by atoms with Gasteiger partial charge >= 0.3 is 0 Å². The van der Waals surface area contributed by atoms with Gasteiger partial charge in [-0.1, -0.05) is 53.9 Å². The summed E-state index contributed by atoms with van der Waals surface area (Å²) in [5, 5.41) is 3.14. The van der Waals surface area contributed by atoms with E-state index in [4.69, 9.17) is 4.74 Å². The molecular formula is C25H52N2O4. The molecule has 0 aromatic rings. The van der Waals surface area contributed by atoms with Gasteiger partial charge in [0.1, 0.15) is 5.78 Å². The molecule has 0 radical (unpaired) electrons. The van der Waals surface area contributed by atoms with Crippen molar-refractivity contribution in [3.05, 3.63) is 0 Å². The molecule has 0 unspecified atom stereocenters. The molecule has 2 rings (SSSR count). The van der Waals surface area contributed by atoms with Gasteiger partial charge in [0.05, 0.1) is 6.10 Å². The molecule has 0 saturated heterocycles. The molecule has 2 aliphatic carbocycles. The molecule has 2 aliphatic rings. The molecule has 0 aromatic carbocycles. The fourth-order valence-electron chi connectivity index (χ4n) is 4.01. The Morgan fingerprint density at radius 2 is 1.55 bits per heavy atom. The average molecular weight is 445 g/mol. The summed E-state index contributed by atoms with van der Waals surface area (Å²) in [6.07, 6.45) is 12.2. The van der Waals surface area contributed by atoms with Gasteiger partial charge in [-0.2, -0.15) is 0 Å². The minimum Gasteiger partial charge on any atom is -0.378 e. The molecule has 2 saturated carbocycles. The maximum Gasteiger partial charge on any atom is 0.220 e. The highest BCUT2D eigenvalue weighted by Gasteiger charge is 2.28. The van der Waals surface area contributed by atoms with Crippen LogP contribution in [0.5, 0.6) is 0 Å². The number of nitrogens with one attached hydrogen (secondary N) is 1. The van der Waals surface area contributed by atoms with E-state index in [1.807, 2.05) is 27.7 Å². The number of carbonyl (C=O) groups is 3. The number of rotatable bonds is 9. The van der Waals surface area contributed by atoms with Crippen LogP contribution < -0.4 is 11.1 Å². The van der Waals surface area contributed by atoms with Gasteiger partial charge in [0, 0.05) is 40.2 Å². The number of ether oxygens (including phenoxy) is 1. The highest BCUT2D eigenvalue weighted by atomic mass is 16.5. The highest BCUT2D eigenvalue weighted by molar-refractivity contribution is 5.83. The number of nitrogens with two attached hydrogens (primary N) is 1. The first-order valence-electron chi connectivity index (χ1n) is 12.6. The second-order valence-electron chi connectivity index (χ2n) is 8.73. The summed E-state index contributed by atoms with van der Waals surface area (Å²) in [4.78, 5) is 33.7. The number of amides is 2. The van der Waals surface area contributed by atoms with E-state index < -0.39 is 0 Å². The van der Waals surface area contributed by atoms with Crippen molar-refractivity contribution >= 4 is 17.6 Å². The largest absolute Gasteiger partial charge is 0.378 e. The van der Waals surface area contributed by atoms with Crippen molar-refractivity contribution in [1.29, 1.82) is 0 Å². The normalized spacial score (nSPS) is 21.2. The van der Waals surface area contributed by atoms with Crippen LogP contribution in [0.15, 0.2) is 0 Å². The Labute approximate surface area is 193 Å². The second kappa shape index (κ2) is 18.2. The smallest absolute Gasteiger partial charge is 0.220 e. The van der Waals surface area contributed by atoms with E-state index >= 15 is 0 Å². The zero-order valence-electron chi connectivity index (χ0n) is 20.7. The minimum absolute atomic E-state index is 0. The van der Waals surface area contributed by atoms with Crippen molar-refractivity contribution in [3.63, 3.8) is 0 Å². The average Bonchev–Trinajstić information content (AvgIpc) is 2.79. The topological polar surface area (TPSA) is 98.5 Å². The molecule has 0 aliphatic heterocycles. The maximum atomic E-state index is 12.1. The van der Waals surface area contributed by atoms with Crippen molar-refractivity contribution in [2.24, 2.45) is 17.6 Å². The summed E-state index contributed by atoms with van der Waals surface area (Å²) in [7, 11) is 0. The Morgan fingerprint density at radius 1 is 1.00 bits per heavy atom. The number of ketones is 1. The van der Waals surface area contributed by atoms with Crippen LogP contribution in [0.25, 0.3) is 0 Å². The predicted molar refractivity (Wildman–Crippen MR) is 131 cm³/mol. The first kappa shape index (κ1) is 29.6. The van der Waals surface area contributed by atoms with E-state index in [1.165, 1.54) is 32.1 Å². The number of primary amides is 1. The van der Waals surface area contributed by atoms with E-state index in [0.29, 0.717) is 31.3 Å². The lowest BCUT2D eigenvalue weighted by Crippen LogP contribution is -2.39. The van der Waals surface area contributed by atoms with E-state index in [2.05, 4.69) is 11.1 Å². The van der Waals surface area contributed by atoms with Crippen molar-refractivity contribution in [2.45, 2.75) is 124 Å². The van der Waals surface area contributed by atoms with Crippen LogP contribution in [0.1, 0.15) is 115 Å². The first-order chi connectivity index (χ1) is 14.8. The monoisotopic (exact) mass is 444 g/mol. The fourth-order valence-corrected chi connectivity index (χ4v) is 4.01. The summed E-state index contributed by atoms with van der Waals surface area (Å²) in [6.45, 7) is 10.4. The van der Waals surface area contributed by atoms with Gasteiger partial charge in [0.15, 0.2) is 0 Å². The van der Waals surface area contributed by atoms with Gasteiger partial charge in [0.2, 0.25) is 11.8 Å². The van der Waals surface area contributed by atoms with Crippen LogP contribution in [-0.2, 0) is 19.1 Å². The summed E-state index contributed by atoms with van der Waals surface area (Å²) in [5.41, 5.74) is 4.65. The van der Waals surface area contributed by atoms with Crippen LogP contribution >= 0.6 is 0 Å². The minimum atomic E-state index is -0.245. The molecule has 31 heavy (non-hydrogen) atoms. The van der Waals surface area contributed by atoms with E-state index in [1.54, 1.807) is 6.92 Å². The molecule has 0 spiro atoms. The third-order valence-corrected chi connectivity index (χ3v) is 5.87. The lowest BCUT2D eigenvalue weighted by Gasteiger charge is -2.29. The zero-order valence-corrected chi connectivity index (χ0v) is 20.7. The summed E-state index contributed by atoms with van der Waals surface area (Å²) < 4.78 is 5.87. The van der Waals surface area contributed by atoms with Crippen LogP contribution in [-0.4, -0.2) is 36.4 Å². The Bertz CT molecular complexity index is 505. The summed E-state index contributed by atoms with van der Waals surface area (Å²) in [6, 6.07) is 0.257. The van der Waals surface area contributed by atoms with Crippen LogP contribution in [0.3, 0.4) is 0 Å². The van der Waals surface area contributed by atoms with Crippen molar-refractivity contribution in [3.8, 4) is 0 Å². The van der Waals surface area contributed by atoms with Gasteiger partial charge in [0.25, 0.3) is 0 Å². The number of hydrogen-bond acceptors (Lipinski definition) is 4. The summed E-state index contributed by atoms with van der Waals surface area (Å²) in [5.74, 6) is 0.623. The van der Waals surface area contributed by atoms with Crippen molar-refractivity contribution < 1.29 is 22.0 Å². The number of hydrogen-bond donors (Lipinski definition) is 2. The molecule has 2 fully saturated rings. The molecule has 6 heteroatoms. The molecule has 0 aromatic heterocycles. The molecule has 0 atom stereocenters. The Hall–Kier alpha value is -1.43. The maximum absolute atomic E-state index is 12.1. The SMILES string of the molecule is CC.CC(C)C(=O)C1CCC(NC(=O)CCCOC2CCCCC2)CC1.CCC(N)=O.[HH].[HH]. The molecule has 3 N–H and O–H groups in total. The summed E-state index contributed by atoms with van der Waals surface area (Å²) >= 11 is 0. The number of Topliss-reactive ketones (excluding diaryl/α,β-unsaturated/α-hetero) is 1. The number of carbonyl (C=O) groups excluding carboxylic acids is 3. The van der Waals surface area contributed by atoms with E-state index in [9.17, 15) is 14.4 Å². The second-order valence-corrected chi connectivity index (χ2v) is 8.73. The molecule has 6 nitrogen and oxygen atoms in total. The van der Waals surface area contributed by atoms with E-state index in [-0.39, 0.29) is 32.5 Å². The predicted octanol–water partition coefficient (Wildman–Crippen LogP) is 5.42. The Morgan fingerprint density at radius 3 is 2.03 bits per heavy atom. The quantitative estimate of drug-likeness (QED) is 0.464. The molecule has 0 heterocycles. The van der Waals surface area contributed by atoms with Crippen LogP contribution in [0.2, 0.25) is 0 Å². The van der Waals surface area contributed by atoms with Gasteiger partial charge in [-0.05, 0) is 44.9 Å². The van der Waals surface area contributed by atoms with Crippen LogP contribution in [0.4, 0.5) is 0 Å². The molecule has 186 valence electrons. The Balaban J connectivity index is -0.000000886. The molecular weight excluding hydrogens is 392 g/mol. The van der Waals surface area contributed by atoms with Gasteiger partial charge in [-0.25, -0.2) is 0 Å². The van der Waals surface area contributed by atoms with E-state index in [0.717, 1.165) is 32.1 Å². The molecule has 0 bridgehead atoms. The van der Waals surface area contributed by atoms with Crippen LogP contribution in [0, 0.1) is 11.8 Å². The fraction of sp³-hybridized carbons (Fsp3) is 0.880. The lowest BCUT2D eigenvalue weighted by atomic mass is 9.80. The molecule has 2 amide bonds.